The molecule has 0 amide bonds. The average Bonchev–Trinajstić information content (AvgIpc) is 2.56. The molecule has 0 aromatic carbocycles. The Kier molecular flexibility index (Phi) is 3.03. The molecule has 2 atom stereocenters. The molecule has 0 aliphatic carbocycles. The van der Waals surface area contributed by atoms with Gasteiger partial charge in [0.15, 0.2) is 0 Å². The van der Waals surface area contributed by atoms with E-state index >= 15 is 0 Å². The molecule has 0 spiro atoms. The number of rotatable bonds is 2. The number of fused-ring (bicyclic) bond motifs is 1. The van der Waals surface area contributed by atoms with Gasteiger partial charge in [-0.15, -0.1) is 0 Å². The summed E-state index contributed by atoms with van der Waals surface area (Å²) in [5, 5.41) is 0. The molecule has 96 valence electrons. The maximum absolute atomic E-state index is 11.3. The second-order valence-corrected chi connectivity index (χ2v) is 6.58. The van der Waals surface area contributed by atoms with E-state index in [4.69, 9.17) is 0 Å². The highest BCUT2D eigenvalue weighted by Gasteiger charge is 2.35. The van der Waals surface area contributed by atoms with E-state index in [1.807, 2.05) is 20.8 Å². The molecule has 0 radical (unpaired) electrons. The number of sulfonamides is 1. The smallest absolute Gasteiger partial charge is 0.209 e. The zero-order chi connectivity index (χ0) is 12.8. The van der Waals surface area contributed by atoms with Gasteiger partial charge in [-0.3, -0.25) is 4.99 Å². The standard InChI is InChI=1S/C11H19N3O2S/c1-7-8(2)12-9(3)14-6-5-10(11(7)14)13-17(4,15)16/h8,10,13H,5-6H2,1-4H3. The van der Waals surface area contributed by atoms with Gasteiger partial charge in [-0.1, -0.05) is 0 Å². The molecule has 0 aromatic rings. The number of hydrogen-bond donors (Lipinski definition) is 1. The third-order valence-corrected chi connectivity index (χ3v) is 4.13. The summed E-state index contributed by atoms with van der Waals surface area (Å²) in [5.41, 5.74) is 2.25. The Hall–Kier alpha value is -0.880. The predicted molar refractivity (Wildman–Crippen MR) is 68.4 cm³/mol. The van der Waals surface area contributed by atoms with E-state index in [1.54, 1.807) is 0 Å². The van der Waals surface area contributed by atoms with Crippen molar-refractivity contribution >= 4 is 15.9 Å². The summed E-state index contributed by atoms with van der Waals surface area (Å²) < 4.78 is 25.4. The summed E-state index contributed by atoms with van der Waals surface area (Å²) in [4.78, 5) is 6.67. The molecular weight excluding hydrogens is 238 g/mol. The van der Waals surface area contributed by atoms with Gasteiger partial charge in [0.2, 0.25) is 10.0 Å². The Morgan fingerprint density at radius 1 is 1.41 bits per heavy atom. The lowest BCUT2D eigenvalue weighted by molar-refractivity contribution is 0.536. The van der Waals surface area contributed by atoms with Crippen molar-refractivity contribution in [1.82, 2.24) is 9.62 Å². The number of hydrogen-bond acceptors (Lipinski definition) is 4. The highest BCUT2D eigenvalue weighted by atomic mass is 32.2. The van der Waals surface area contributed by atoms with Crippen LogP contribution in [0.3, 0.4) is 0 Å². The van der Waals surface area contributed by atoms with Crippen molar-refractivity contribution in [2.45, 2.75) is 39.3 Å². The second kappa shape index (κ2) is 4.10. The van der Waals surface area contributed by atoms with Gasteiger partial charge < -0.3 is 4.90 Å². The SMILES string of the molecule is CC1=NC(C)C(C)=C2C(NS(C)(=O)=O)CCN12. The van der Waals surface area contributed by atoms with E-state index in [1.165, 1.54) is 6.26 Å². The third kappa shape index (κ3) is 2.37. The van der Waals surface area contributed by atoms with Crippen LogP contribution < -0.4 is 4.72 Å². The van der Waals surface area contributed by atoms with Gasteiger partial charge in [0.05, 0.1) is 18.3 Å². The first-order valence-corrected chi connectivity index (χ1v) is 7.68. The molecule has 1 fully saturated rings. The first-order valence-electron chi connectivity index (χ1n) is 5.79. The minimum atomic E-state index is -3.17. The Bertz CT molecular complexity index is 493. The predicted octanol–water partition coefficient (Wildman–Crippen LogP) is 0.704. The van der Waals surface area contributed by atoms with E-state index in [0.717, 1.165) is 30.1 Å². The van der Waals surface area contributed by atoms with Crippen molar-refractivity contribution in [3.05, 3.63) is 11.3 Å². The summed E-state index contributed by atoms with van der Waals surface area (Å²) in [6.07, 6.45) is 2.01. The lowest BCUT2D eigenvalue weighted by Crippen LogP contribution is -2.39. The molecule has 2 unspecified atom stereocenters. The van der Waals surface area contributed by atoms with E-state index in [9.17, 15) is 8.42 Å². The fourth-order valence-corrected chi connectivity index (χ4v) is 3.31. The van der Waals surface area contributed by atoms with Crippen LogP contribution in [0.1, 0.15) is 27.2 Å². The van der Waals surface area contributed by atoms with Gasteiger partial charge >= 0.3 is 0 Å². The molecule has 0 saturated carbocycles. The molecule has 2 rings (SSSR count). The number of nitrogens with one attached hydrogen (secondary N) is 1. The van der Waals surface area contributed by atoms with E-state index in [-0.39, 0.29) is 12.1 Å². The zero-order valence-electron chi connectivity index (χ0n) is 10.7. The topological polar surface area (TPSA) is 61.8 Å². The summed E-state index contributed by atoms with van der Waals surface area (Å²) in [7, 11) is -3.17. The van der Waals surface area contributed by atoms with Crippen LogP contribution in [0.25, 0.3) is 0 Å². The number of nitrogens with zero attached hydrogens (tertiary/aromatic N) is 2. The first-order chi connectivity index (χ1) is 7.79. The van der Waals surface area contributed by atoms with Gasteiger partial charge in [-0.25, -0.2) is 13.1 Å². The Morgan fingerprint density at radius 3 is 2.65 bits per heavy atom. The van der Waals surface area contributed by atoms with Crippen LogP contribution in [0, 0.1) is 0 Å². The molecule has 2 heterocycles. The maximum Gasteiger partial charge on any atom is 0.209 e. The van der Waals surface area contributed by atoms with E-state index in [2.05, 4.69) is 14.6 Å². The normalized spacial score (nSPS) is 29.4. The van der Waals surface area contributed by atoms with Gasteiger partial charge in [-0.2, -0.15) is 0 Å². The maximum atomic E-state index is 11.3. The van der Waals surface area contributed by atoms with Crippen molar-refractivity contribution in [2.75, 3.05) is 12.8 Å². The minimum absolute atomic E-state index is 0.0992. The van der Waals surface area contributed by atoms with Gasteiger partial charge in [-0.05, 0) is 32.8 Å². The average molecular weight is 257 g/mol. The quantitative estimate of drug-likeness (QED) is 0.792. The fraction of sp³-hybridized carbons (Fsp3) is 0.727. The number of aliphatic imine (C=N–C) groups is 1. The van der Waals surface area contributed by atoms with Crippen LogP contribution in [0.5, 0.6) is 0 Å². The van der Waals surface area contributed by atoms with Crippen molar-refractivity contribution < 1.29 is 8.42 Å². The van der Waals surface area contributed by atoms with Crippen LogP contribution in [-0.2, 0) is 10.0 Å². The fourth-order valence-electron chi connectivity index (χ4n) is 2.56. The molecule has 2 aliphatic rings. The highest BCUT2D eigenvalue weighted by Crippen LogP contribution is 2.31. The lowest BCUT2D eigenvalue weighted by atomic mass is 10.0. The van der Waals surface area contributed by atoms with Crippen LogP contribution in [0.2, 0.25) is 0 Å². The summed E-state index contributed by atoms with van der Waals surface area (Å²) in [5.74, 6) is 0.982. The Morgan fingerprint density at radius 2 is 2.06 bits per heavy atom. The molecule has 6 heteroatoms. The Balaban J connectivity index is 2.33. The summed E-state index contributed by atoms with van der Waals surface area (Å²) in [6, 6.07) is 0.0427. The van der Waals surface area contributed by atoms with Crippen LogP contribution in [0.15, 0.2) is 16.3 Å². The summed E-state index contributed by atoms with van der Waals surface area (Å²) >= 11 is 0. The molecule has 2 aliphatic heterocycles. The van der Waals surface area contributed by atoms with Crippen LogP contribution in [-0.4, -0.2) is 44.0 Å². The van der Waals surface area contributed by atoms with Crippen molar-refractivity contribution in [2.24, 2.45) is 4.99 Å². The number of amidine groups is 1. The van der Waals surface area contributed by atoms with Gasteiger partial charge in [0.25, 0.3) is 0 Å². The van der Waals surface area contributed by atoms with Crippen molar-refractivity contribution in [1.29, 1.82) is 0 Å². The monoisotopic (exact) mass is 257 g/mol. The zero-order valence-corrected chi connectivity index (χ0v) is 11.5. The highest BCUT2D eigenvalue weighted by molar-refractivity contribution is 7.88. The molecule has 5 nitrogen and oxygen atoms in total. The summed E-state index contributed by atoms with van der Waals surface area (Å²) in [6.45, 7) is 6.89. The third-order valence-electron chi connectivity index (χ3n) is 3.42. The van der Waals surface area contributed by atoms with Gasteiger partial charge in [0.1, 0.15) is 5.84 Å². The largest absolute Gasteiger partial charge is 0.332 e. The van der Waals surface area contributed by atoms with E-state index in [0.29, 0.717) is 0 Å². The van der Waals surface area contributed by atoms with Crippen molar-refractivity contribution in [3.63, 3.8) is 0 Å². The van der Waals surface area contributed by atoms with Crippen LogP contribution >= 0.6 is 0 Å². The molecule has 1 saturated heterocycles. The van der Waals surface area contributed by atoms with E-state index < -0.39 is 10.0 Å². The Labute approximate surface area is 103 Å². The molecule has 1 N–H and O–H groups in total. The molecular formula is C11H19N3O2S. The molecule has 0 bridgehead atoms. The van der Waals surface area contributed by atoms with Gasteiger partial charge in [0, 0.05) is 12.2 Å². The second-order valence-electron chi connectivity index (χ2n) is 4.80. The lowest BCUT2D eigenvalue weighted by Gasteiger charge is -2.31. The van der Waals surface area contributed by atoms with Crippen molar-refractivity contribution in [3.8, 4) is 0 Å². The minimum Gasteiger partial charge on any atom is -0.332 e. The molecule has 0 aromatic heterocycles. The molecule has 17 heavy (non-hydrogen) atoms. The first kappa shape index (κ1) is 12.6. The van der Waals surface area contributed by atoms with Crippen LogP contribution in [0.4, 0.5) is 0 Å².